The lowest BCUT2D eigenvalue weighted by molar-refractivity contribution is 0.563. The van der Waals surface area contributed by atoms with Crippen LogP contribution in [-0.4, -0.2) is 18.6 Å². The van der Waals surface area contributed by atoms with Gasteiger partial charge in [-0.3, -0.25) is 0 Å². The fraction of sp³-hybridized carbons (Fsp3) is 0.571. The largest absolute Gasteiger partial charge is 0.368 e. The topological polar surface area (TPSA) is 29.3 Å². The highest BCUT2D eigenvalue weighted by Crippen LogP contribution is 2.33. The number of nitrogens with two attached hydrogens (primary N) is 1. The summed E-state index contributed by atoms with van der Waals surface area (Å²) in [7, 11) is 0. The number of hydrogen-bond donors (Lipinski definition) is 1. The lowest BCUT2D eigenvalue weighted by Gasteiger charge is -2.36. The van der Waals surface area contributed by atoms with Crippen molar-refractivity contribution in [2.45, 2.75) is 44.2 Å². The second kappa shape index (κ2) is 4.10. The van der Waals surface area contributed by atoms with Gasteiger partial charge in [-0.15, -0.1) is 0 Å². The Hall–Kier alpha value is -1.02. The van der Waals surface area contributed by atoms with Gasteiger partial charge in [0.15, 0.2) is 0 Å². The maximum absolute atomic E-state index is 6.03. The average Bonchev–Trinajstić information content (AvgIpc) is 2.75. The van der Waals surface area contributed by atoms with Crippen LogP contribution in [0.5, 0.6) is 0 Å². The normalized spacial score (nSPS) is 29.2. The summed E-state index contributed by atoms with van der Waals surface area (Å²) < 4.78 is 0. The van der Waals surface area contributed by atoms with Crippen LogP contribution in [0.3, 0.4) is 0 Å². The summed E-state index contributed by atoms with van der Waals surface area (Å²) in [5.74, 6) is 0. The molecule has 1 fully saturated rings. The van der Waals surface area contributed by atoms with E-state index in [1.165, 1.54) is 49.9 Å². The molecule has 0 bridgehead atoms. The van der Waals surface area contributed by atoms with Gasteiger partial charge in [-0.1, -0.05) is 18.2 Å². The lowest BCUT2D eigenvalue weighted by atomic mass is 9.99. The zero-order valence-corrected chi connectivity index (χ0v) is 9.73. The van der Waals surface area contributed by atoms with Crippen LogP contribution in [0.4, 0.5) is 5.69 Å². The quantitative estimate of drug-likeness (QED) is 0.780. The van der Waals surface area contributed by atoms with E-state index in [-0.39, 0.29) is 0 Å². The lowest BCUT2D eigenvalue weighted by Crippen LogP contribution is -2.38. The predicted octanol–water partition coefficient (Wildman–Crippen LogP) is 2.32. The SMILES string of the molecule is NC1CCC(N2CCCc3ccccc32)C1. The van der Waals surface area contributed by atoms with Crippen LogP contribution >= 0.6 is 0 Å². The van der Waals surface area contributed by atoms with Crippen molar-refractivity contribution in [1.82, 2.24) is 0 Å². The molecule has 0 saturated heterocycles. The van der Waals surface area contributed by atoms with E-state index >= 15 is 0 Å². The monoisotopic (exact) mass is 216 g/mol. The molecule has 2 unspecified atom stereocenters. The summed E-state index contributed by atoms with van der Waals surface area (Å²) in [5, 5.41) is 0. The van der Waals surface area contributed by atoms with Gasteiger partial charge in [0.25, 0.3) is 0 Å². The number of anilines is 1. The molecule has 1 saturated carbocycles. The Kier molecular flexibility index (Phi) is 2.60. The summed E-state index contributed by atoms with van der Waals surface area (Å²) >= 11 is 0. The average molecular weight is 216 g/mol. The van der Waals surface area contributed by atoms with E-state index in [0.717, 1.165) is 0 Å². The Morgan fingerprint density at radius 3 is 2.88 bits per heavy atom. The van der Waals surface area contributed by atoms with Crippen molar-refractivity contribution in [3.63, 3.8) is 0 Å². The van der Waals surface area contributed by atoms with Crippen LogP contribution in [-0.2, 0) is 6.42 Å². The van der Waals surface area contributed by atoms with Crippen molar-refractivity contribution < 1.29 is 0 Å². The standard InChI is InChI=1S/C14H20N2/c15-12-7-8-13(10-12)16-9-3-5-11-4-1-2-6-14(11)16/h1-2,4,6,12-13H,3,5,7-10,15H2. The van der Waals surface area contributed by atoms with Gasteiger partial charge >= 0.3 is 0 Å². The summed E-state index contributed by atoms with van der Waals surface area (Å²) in [4.78, 5) is 2.60. The molecule has 2 atom stereocenters. The highest BCUT2D eigenvalue weighted by Gasteiger charge is 2.29. The van der Waals surface area contributed by atoms with Crippen LogP contribution in [0.1, 0.15) is 31.2 Å². The first-order valence-corrected chi connectivity index (χ1v) is 6.45. The minimum atomic E-state index is 0.430. The Morgan fingerprint density at radius 2 is 2.06 bits per heavy atom. The van der Waals surface area contributed by atoms with Crippen LogP contribution in [0.2, 0.25) is 0 Å². The molecule has 0 aromatic heterocycles. The predicted molar refractivity (Wildman–Crippen MR) is 67.7 cm³/mol. The van der Waals surface area contributed by atoms with Gasteiger partial charge in [-0.25, -0.2) is 0 Å². The number of nitrogens with zero attached hydrogens (tertiary/aromatic N) is 1. The molecule has 2 aliphatic rings. The van der Waals surface area contributed by atoms with Crippen molar-refractivity contribution in [3.8, 4) is 0 Å². The molecule has 2 heteroatoms. The Morgan fingerprint density at radius 1 is 1.19 bits per heavy atom. The van der Waals surface area contributed by atoms with Crippen molar-refractivity contribution >= 4 is 5.69 Å². The van der Waals surface area contributed by atoms with E-state index in [1.54, 1.807) is 0 Å². The molecule has 1 aromatic rings. The molecule has 0 radical (unpaired) electrons. The fourth-order valence-corrected chi connectivity index (χ4v) is 3.22. The Labute approximate surface area is 97.4 Å². The number of rotatable bonds is 1. The molecule has 16 heavy (non-hydrogen) atoms. The molecule has 1 aromatic carbocycles. The summed E-state index contributed by atoms with van der Waals surface area (Å²) in [6, 6.07) is 9.99. The van der Waals surface area contributed by atoms with E-state index in [2.05, 4.69) is 29.2 Å². The molecule has 1 heterocycles. The minimum Gasteiger partial charge on any atom is -0.368 e. The van der Waals surface area contributed by atoms with E-state index in [4.69, 9.17) is 5.73 Å². The third kappa shape index (κ3) is 1.71. The van der Waals surface area contributed by atoms with Crippen molar-refractivity contribution in [3.05, 3.63) is 29.8 Å². The van der Waals surface area contributed by atoms with E-state index in [0.29, 0.717) is 12.1 Å². The van der Waals surface area contributed by atoms with Gasteiger partial charge in [0.2, 0.25) is 0 Å². The molecule has 2 nitrogen and oxygen atoms in total. The molecule has 0 spiro atoms. The third-order valence-corrected chi connectivity index (χ3v) is 4.03. The maximum atomic E-state index is 6.03. The summed E-state index contributed by atoms with van der Waals surface area (Å²) in [6.07, 6.45) is 6.18. The van der Waals surface area contributed by atoms with Crippen LogP contribution in [0, 0.1) is 0 Å². The van der Waals surface area contributed by atoms with Gasteiger partial charge < -0.3 is 10.6 Å². The van der Waals surface area contributed by atoms with Crippen LogP contribution < -0.4 is 10.6 Å². The first-order chi connectivity index (χ1) is 7.84. The second-order valence-corrected chi connectivity index (χ2v) is 5.15. The smallest absolute Gasteiger partial charge is 0.0401 e. The molecular formula is C14H20N2. The highest BCUT2D eigenvalue weighted by molar-refractivity contribution is 5.56. The molecular weight excluding hydrogens is 196 g/mol. The molecule has 86 valence electrons. The summed E-state index contributed by atoms with van der Waals surface area (Å²) in [6.45, 7) is 1.22. The maximum Gasteiger partial charge on any atom is 0.0401 e. The molecule has 0 amide bonds. The summed E-state index contributed by atoms with van der Waals surface area (Å²) in [5.41, 5.74) is 9.01. The van der Waals surface area contributed by atoms with E-state index in [9.17, 15) is 0 Å². The van der Waals surface area contributed by atoms with E-state index < -0.39 is 0 Å². The molecule has 3 rings (SSSR count). The number of para-hydroxylation sites is 1. The Bertz CT molecular complexity index is 375. The first-order valence-electron chi connectivity index (χ1n) is 6.45. The first kappa shape index (κ1) is 10.2. The van der Waals surface area contributed by atoms with Crippen molar-refractivity contribution in [1.29, 1.82) is 0 Å². The number of fused-ring (bicyclic) bond motifs is 1. The molecule has 1 aliphatic carbocycles. The Balaban J connectivity index is 1.87. The van der Waals surface area contributed by atoms with Crippen LogP contribution in [0.25, 0.3) is 0 Å². The van der Waals surface area contributed by atoms with Gasteiger partial charge in [-0.05, 0) is 43.7 Å². The second-order valence-electron chi connectivity index (χ2n) is 5.15. The van der Waals surface area contributed by atoms with Gasteiger partial charge in [0, 0.05) is 24.3 Å². The highest BCUT2D eigenvalue weighted by atomic mass is 15.2. The molecule has 2 N–H and O–H groups in total. The fourth-order valence-electron chi connectivity index (χ4n) is 3.22. The van der Waals surface area contributed by atoms with Gasteiger partial charge in [-0.2, -0.15) is 0 Å². The van der Waals surface area contributed by atoms with Crippen molar-refractivity contribution in [2.75, 3.05) is 11.4 Å². The number of benzene rings is 1. The van der Waals surface area contributed by atoms with E-state index in [1.807, 2.05) is 0 Å². The number of aryl methyl sites for hydroxylation is 1. The van der Waals surface area contributed by atoms with Crippen LogP contribution in [0.15, 0.2) is 24.3 Å². The van der Waals surface area contributed by atoms with Gasteiger partial charge in [0.1, 0.15) is 0 Å². The zero-order valence-electron chi connectivity index (χ0n) is 9.73. The van der Waals surface area contributed by atoms with Crippen molar-refractivity contribution in [2.24, 2.45) is 5.73 Å². The van der Waals surface area contributed by atoms with Gasteiger partial charge in [0.05, 0.1) is 0 Å². The minimum absolute atomic E-state index is 0.430. The molecule has 1 aliphatic heterocycles. The number of hydrogen-bond acceptors (Lipinski definition) is 2. The zero-order chi connectivity index (χ0) is 11.0. The third-order valence-electron chi connectivity index (χ3n) is 4.03.